The lowest BCUT2D eigenvalue weighted by Gasteiger charge is -2.01. The summed E-state index contributed by atoms with van der Waals surface area (Å²) < 4.78 is 6.23. The minimum absolute atomic E-state index is 0.165. The number of hydrogen-bond donors (Lipinski definition) is 1. The largest absolute Gasteiger partial charge is 0.507 e. The van der Waals surface area contributed by atoms with Crippen LogP contribution in [-0.2, 0) is 0 Å². The summed E-state index contributed by atoms with van der Waals surface area (Å²) in [5.74, 6) is 0.969. The molecule has 0 aliphatic rings. The van der Waals surface area contributed by atoms with Gasteiger partial charge in [-0.05, 0) is 42.8 Å². The van der Waals surface area contributed by atoms with Gasteiger partial charge in [0.1, 0.15) is 5.75 Å². The maximum absolute atomic E-state index is 10.0. The van der Waals surface area contributed by atoms with Gasteiger partial charge in [-0.3, -0.25) is 0 Å². The molecule has 1 aromatic heterocycles. The summed E-state index contributed by atoms with van der Waals surface area (Å²) in [6.45, 7) is 1.82. The second-order valence-corrected chi connectivity index (χ2v) is 5.32. The first-order valence-corrected chi connectivity index (χ1v) is 6.83. The fourth-order valence-electron chi connectivity index (χ4n) is 1.88. The lowest BCUT2D eigenvalue weighted by atomic mass is 10.1. The first-order chi connectivity index (χ1) is 9.65. The van der Waals surface area contributed by atoms with E-state index in [4.69, 9.17) is 4.52 Å². The van der Waals surface area contributed by atoms with Crippen molar-refractivity contribution in [3.05, 3.63) is 52.5 Å². The Bertz CT molecular complexity index is 751. The summed E-state index contributed by atoms with van der Waals surface area (Å²) in [5, 5.41) is 14.0. The van der Waals surface area contributed by atoms with Crippen LogP contribution in [0.15, 0.2) is 51.5 Å². The Morgan fingerprint density at radius 2 is 1.85 bits per heavy atom. The van der Waals surface area contributed by atoms with Crippen LogP contribution in [0.1, 0.15) is 5.56 Å². The van der Waals surface area contributed by atoms with E-state index in [-0.39, 0.29) is 5.75 Å². The van der Waals surface area contributed by atoms with Crippen LogP contribution in [-0.4, -0.2) is 15.2 Å². The minimum Gasteiger partial charge on any atom is -0.507 e. The zero-order chi connectivity index (χ0) is 14.1. The molecule has 4 nitrogen and oxygen atoms in total. The summed E-state index contributed by atoms with van der Waals surface area (Å²) in [6.07, 6.45) is 0. The Kier molecular flexibility index (Phi) is 3.28. The Balaban J connectivity index is 2.02. The Hall–Kier alpha value is -2.14. The van der Waals surface area contributed by atoms with Crippen molar-refractivity contribution in [2.24, 2.45) is 0 Å². The van der Waals surface area contributed by atoms with Crippen LogP contribution in [0.4, 0.5) is 0 Å². The number of aromatic hydroxyl groups is 1. The molecule has 0 atom stereocenters. The molecule has 0 aliphatic heterocycles. The van der Waals surface area contributed by atoms with Crippen LogP contribution in [0.2, 0.25) is 0 Å². The molecule has 1 N–H and O–H groups in total. The molecule has 100 valence electrons. The van der Waals surface area contributed by atoms with E-state index in [0.29, 0.717) is 17.3 Å². The van der Waals surface area contributed by atoms with E-state index < -0.39 is 0 Å². The lowest BCUT2D eigenvalue weighted by molar-refractivity contribution is 0.425. The first kappa shape index (κ1) is 12.9. The maximum Gasteiger partial charge on any atom is 0.262 e. The predicted octanol–water partition coefficient (Wildman–Crippen LogP) is 4.18. The fourth-order valence-corrected chi connectivity index (χ4v) is 2.14. The van der Waals surface area contributed by atoms with Crippen molar-refractivity contribution in [3.8, 4) is 28.6 Å². The molecule has 0 aliphatic carbocycles. The number of nitrogens with zero attached hydrogens (tertiary/aromatic N) is 2. The molecule has 5 heteroatoms. The number of aromatic nitrogens is 2. The molecule has 0 bridgehead atoms. The monoisotopic (exact) mass is 330 g/mol. The smallest absolute Gasteiger partial charge is 0.262 e. The van der Waals surface area contributed by atoms with Gasteiger partial charge in [0.25, 0.3) is 5.89 Å². The Morgan fingerprint density at radius 3 is 2.60 bits per heavy atom. The van der Waals surface area contributed by atoms with E-state index in [9.17, 15) is 5.11 Å². The van der Waals surface area contributed by atoms with Gasteiger partial charge in [0.15, 0.2) is 0 Å². The van der Waals surface area contributed by atoms with Crippen molar-refractivity contribution in [2.45, 2.75) is 6.92 Å². The molecule has 20 heavy (non-hydrogen) atoms. The van der Waals surface area contributed by atoms with E-state index in [1.54, 1.807) is 6.07 Å². The SMILES string of the molecule is Cc1cccc(-c2nc(-c3ccc(Br)cc3)no2)c1O. The van der Waals surface area contributed by atoms with Crippen LogP contribution < -0.4 is 0 Å². The van der Waals surface area contributed by atoms with Crippen molar-refractivity contribution >= 4 is 15.9 Å². The summed E-state index contributed by atoms with van der Waals surface area (Å²) in [5.41, 5.74) is 2.17. The normalized spacial score (nSPS) is 10.7. The number of phenols is 1. The number of phenolic OH excluding ortho intramolecular Hbond substituents is 1. The molecule has 3 rings (SSSR count). The van der Waals surface area contributed by atoms with Crippen molar-refractivity contribution < 1.29 is 9.63 Å². The van der Waals surface area contributed by atoms with Gasteiger partial charge in [0.05, 0.1) is 5.56 Å². The molecule has 3 aromatic rings. The third kappa shape index (κ3) is 2.32. The molecule has 0 saturated carbocycles. The summed E-state index contributed by atoms with van der Waals surface area (Å²) >= 11 is 3.38. The van der Waals surface area contributed by atoms with Crippen molar-refractivity contribution in [1.82, 2.24) is 10.1 Å². The van der Waals surface area contributed by atoms with E-state index >= 15 is 0 Å². The number of halogens is 1. The standard InChI is InChI=1S/C15H11BrN2O2/c1-9-3-2-4-12(13(9)19)15-17-14(18-20-15)10-5-7-11(16)8-6-10/h2-8,19H,1H3. The van der Waals surface area contributed by atoms with E-state index in [1.807, 2.05) is 43.3 Å². The van der Waals surface area contributed by atoms with Crippen LogP contribution in [0.25, 0.3) is 22.8 Å². The number of benzene rings is 2. The topological polar surface area (TPSA) is 59.2 Å². The fraction of sp³-hybridized carbons (Fsp3) is 0.0667. The quantitative estimate of drug-likeness (QED) is 0.765. The van der Waals surface area contributed by atoms with Gasteiger partial charge in [-0.15, -0.1) is 0 Å². The molecule has 0 saturated heterocycles. The van der Waals surface area contributed by atoms with Gasteiger partial charge in [-0.2, -0.15) is 4.98 Å². The van der Waals surface area contributed by atoms with Gasteiger partial charge in [-0.1, -0.05) is 33.2 Å². The number of aryl methyl sites for hydroxylation is 1. The zero-order valence-corrected chi connectivity index (χ0v) is 12.3. The van der Waals surface area contributed by atoms with Crippen molar-refractivity contribution in [3.63, 3.8) is 0 Å². The predicted molar refractivity (Wildman–Crippen MR) is 79.3 cm³/mol. The van der Waals surface area contributed by atoms with E-state index in [2.05, 4.69) is 26.1 Å². The summed E-state index contributed by atoms with van der Waals surface area (Å²) in [7, 11) is 0. The maximum atomic E-state index is 10.0. The van der Waals surface area contributed by atoms with Gasteiger partial charge in [0, 0.05) is 10.0 Å². The molecule has 2 aromatic carbocycles. The van der Waals surface area contributed by atoms with Gasteiger partial charge >= 0.3 is 0 Å². The Morgan fingerprint density at radius 1 is 1.10 bits per heavy atom. The molecule has 1 heterocycles. The van der Waals surface area contributed by atoms with Crippen LogP contribution >= 0.6 is 15.9 Å². The third-order valence-electron chi connectivity index (χ3n) is 3.00. The second kappa shape index (κ2) is 5.09. The summed E-state index contributed by atoms with van der Waals surface area (Å²) in [4.78, 5) is 4.33. The van der Waals surface area contributed by atoms with Crippen molar-refractivity contribution in [1.29, 1.82) is 0 Å². The number of rotatable bonds is 2. The van der Waals surface area contributed by atoms with Gasteiger partial charge < -0.3 is 9.63 Å². The molecular formula is C15H11BrN2O2. The molecule has 0 fully saturated rings. The molecule has 0 spiro atoms. The molecule has 0 amide bonds. The second-order valence-electron chi connectivity index (χ2n) is 4.40. The summed E-state index contributed by atoms with van der Waals surface area (Å²) in [6, 6.07) is 13.0. The highest BCUT2D eigenvalue weighted by molar-refractivity contribution is 9.10. The average Bonchev–Trinajstić information content (AvgIpc) is 2.92. The lowest BCUT2D eigenvalue weighted by Crippen LogP contribution is -1.83. The Labute approximate surface area is 124 Å². The van der Waals surface area contributed by atoms with Crippen LogP contribution in [0.5, 0.6) is 5.75 Å². The van der Waals surface area contributed by atoms with Crippen LogP contribution in [0.3, 0.4) is 0 Å². The number of para-hydroxylation sites is 1. The highest BCUT2D eigenvalue weighted by atomic mass is 79.9. The molecular weight excluding hydrogens is 320 g/mol. The highest BCUT2D eigenvalue weighted by Crippen LogP contribution is 2.31. The zero-order valence-electron chi connectivity index (χ0n) is 10.7. The van der Waals surface area contributed by atoms with E-state index in [0.717, 1.165) is 15.6 Å². The van der Waals surface area contributed by atoms with Crippen molar-refractivity contribution in [2.75, 3.05) is 0 Å². The third-order valence-corrected chi connectivity index (χ3v) is 3.53. The molecule has 0 radical (unpaired) electrons. The first-order valence-electron chi connectivity index (χ1n) is 6.04. The highest BCUT2D eigenvalue weighted by Gasteiger charge is 2.14. The van der Waals surface area contributed by atoms with Gasteiger partial charge in [-0.25, -0.2) is 0 Å². The van der Waals surface area contributed by atoms with Gasteiger partial charge in [0.2, 0.25) is 5.82 Å². The average molecular weight is 331 g/mol. The number of hydrogen-bond acceptors (Lipinski definition) is 4. The minimum atomic E-state index is 0.165. The molecule has 0 unspecified atom stereocenters. The van der Waals surface area contributed by atoms with E-state index in [1.165, 1.54) is 0 Å². The van der Waals surface area contributed by atoms with Crippen LogP contribution in [0, 0.1) is 6.92 Å².